The van der Waals surface area contributed by atoms with Crippen molar-refractivity contribution in [3.63, 3.8) is 0 Å². The number of hydrogen-bond donors (Lipinski definition) is 1. The van der Waals surface area contributed by atoms with Crippen LogP contribution in [0.15, 0.2) is 42.6 Å². The molecule has 2 rings (SSSR count). The SMILES string of the molecule is CCc1ccc(CNc2ccc(C(C)(C)C)cn2)cc1. The van der Waals surface area contributed by atoms with E-state index in [-0.39, 0.29) is 5.41 Å². The third kappa shape index (κ3) is 3.83. The molecular formula is C18H24N2. The Morgan fingerprint density at radius 1 is 0.950 bits per heavy atom. The predicted octanol–water partition coefficient (Wildman–Crippen LogP) is 4.55. The second kappa shape index (κ2) is 6.08. The van der Waals surface area contributed by atoms with E-state index >= 15 is 0 Å². The Hall–Kier alpha value is -1.83. The first-order valence-electron chi connectivity index (χ1n) is 7.27. The summed E-state index contributed by atoms with van der Waals surface area (Å²) < 4.78 is 0. The van der Waals surface area contributed by atoms with Gasteiger partial charge in [0, 0.05) is 12.7 Å². The van der Waals surface area contributed by atoms with Crippen LogP contribution in [0.2, 0.25) is 0 Å². The Balaban J connectivity index is 1.96. The number of aryl methyl sites for hydroxylation is 1. The first-order chi connectivity index (χ1) is 9.49. The van der Waals surface area contributed by atoms with Crippen LogP contribution >= 0.6 is 0 Å². The van der Waals surface area contributed by atoms with Crippen molar-refractivity contribution in [3.05, 3.63) is 59.3 Å². The molecule has 0 aliphatic heterocycles. The van der Waals surface area contributed by atoms with Crippen molar-refractivity contribution in [2.45, 2.75) is 46.1 Å². The number of benzene rings is 1. The Morgan fingerprint density at radius 3 is 2.10 bits per heavy atom. The molecule has 0 atom stereocenters. The number of pyridine rings is 1. The standard InChI is InChI=1S/C18H24N2/c1-5-14-6-8-15(9-7-14)12-19-17-11-10-16(13-20-17)18(2,3)4/h6-11,13H,5,12H2,1-4H3,(H,19,20). The molecule has 1 heterocycles. The van der Waals surface area contributed by atoms with Gasteiger partial charge in [0.05, 0.1) is 0 Å². The molecule has 1 aromatic heterocycles. The summed E-state index contributed by atoms with van der Waals surface area (Å²) in [6, 6.07) is 12.9. The zero-order chi connectivity index (χ0) is 14.6. The van der Waals surface area contributed by atoms with E-state index in [4.69, 9.17) is 0 Å². The average molecular weight is 268 g/mol. The molecule has 0 fully saturated rings. The molecule has 0 bridgehead atoms. The van der Waals surface area contributed by atoms with Crippen LogP contribution in [0.3, 0.4) is 0 Å². The lowest BCUT2D eigenvalue weighted by Gasteiger charge is -2.18. The van der Waals surface area contributed by atoms with Crippen molar-refractivity contribution in [1.82, 2.24) is 4.98 Å². The molecule has 0 unspecified atom stereocenters. The molecule has 1 N–H and O–H groups in total. The number of anilines is 1. The first kappa shape index (κ1) is 14.6. The molecule has 2 heteroatoms. The van der Waals surface area contributed by atoms with Gasteiger partial charge >= 0.3 is 0 Å². The van der Waals surface area contributed by atoms with Gasteiger partial charge in [-0.25, -0.2) is 4.98 Å². The average Bonchev–Trinajstić information content (AvgIpc) is 2.45. The van der Waals surface area contributed by atoms with Crippen LogP contribution in [0.5, 0.6) is 0 Å². The van der Waals surface area contributed by atoms with Crippen LogP contribution in [0.4, 0.5) is 5.82 Å². The van der Waals surface area contributed by atoms with Crippen molar-refractivity contribution in [2.75, 3.05) is 5.32 Å². The van der Waals surface area contributed by atoms with Crippen LogP contribution in [0, 0.1) is 0 Å². The first-order valence-corrected chi connectivity index (χ1v) is 7.27. The van der Waals surface area contributed by atoms with Crippen LogP contribution in [-0.2, 0) is 18.4 Å². The van der Waals surface area contributed by atoms with Crippen molar-refractivity contribution >= 4 is 5.82 Å². The quantitative estimate of drug-likeness (QED) is 0.879. The van der Waals surface area contributed by atoms with E-state index in [1.807, 2.05) is 6.20 Å². The highest BCUT2D eigenvalue weighted by atomic mass is 15.0. The Kier molecular flexibility index (Phi) is 4.43. The van der Waals surface area contributed by atoms with Crippen LogP contribution in [0.25, 0.3) is 0 Å². The highest BCUT2D eigenvalue weighted by Crippen LogP contribution is 2.22. The topological polar surface area (TPSA) is 24.9 Å². The summed E-state index contributed by atoms with van der Waals surface area (Å²) in [4.78, 5) is 4.48. The molecule has 1 aromatic carbocycles. The molecule has 0 amide bonds. The van der Waals surface area contributed by atoms with E-state index in [1.165, 1.54) is 16.7 Å². The fraction of sp³-hybridized carbons (Fsp3) is 0.389. The van der Waals surface area contributed by atoms with Crippen LogP contribution in [-0.4, -0.2) is 4.98 Å². The number of nitrogens with zero attached hydrogens (tertiary/aromatic N) is 1. The molecule has 0 saturated carbocycles. The second-order valence-corrected chi connectivity index (χ2v) is 6.21. The van der Waals surface area contributed by atoms with Crippen LogP contribution in [0.1, 0.15) is 44.4 Å². The van der Waals surface area contributed by atoms with E-state index in [2.05, 4.69) is 74.4 Å². The van der Waals surface area contributed by atoms with Gasteiger partial charge in [0.25, 0.3) is 0 Å². The van der Waals surface area contributed by atoms with E-state index in [1.54, 1.807) is 0 Å². The van der Waals surface area contributed by atoms with E-state index < -0.39 is 0 Å². The van der Waals surface area contributed by atoms with Crippen molar-refractivity contribution < 1.29 is 0 Å². The summed E-state index contributed by atoms with van der Waals surface area (Å²) in [6.07, 6.45) is 3.05. The van der Waals surface area contributed by atoms with Gasteiger partial charge in [0.2, 0.25) is 0 Å². The molecule has 0 radical (unpaired) electrons. The van der Waals surface area contributed by atoms with Crippen LogP contribution < -0.4 is 5.32 Å². The minimum atomic E-state index is 0.154. The second-order valence-electron chi connectivity index (χ2n) is 6.21. The summed E-state index contributed by atoms with van der Waals surface area (Å²) in [5.74, 6) is 0.928. The summed E-state index contributed by atoms with van der Waals surface area (Å²) in [6.45, 7) is 9.59. The zero-order valence-corrected chi connectivity index (χ0v) is 12.9. The lowest BCUT2D eigenvalue weighted by Crippen LogP contribution is -2.11. The third-order valence-electron chi connectivity index (χ3n) is 3.53. The molecule has 2 nitrogen and oxygen atoms in total. The molecule has 106 valence electrons. The normalized spacial score (nSPS) is 11.4. The fourth-order valence-corrected chi connectivity index (χ4v) is 2.03. The predicted molar refractivity (Wildman–Crippen MR) is 86.1 cm³/mol. The molecule has 0 aliphatic rings. The monoisotopic (exact) mass is 268 g/mol. The Labute approximate surface area is 122 Å². The Morgan fingerprint density at radius 2 is 1.60 bits per heavy atom. The maximum absolute atomic E-state index is 4.48. The third-order valence-corrected chi connectivity index (χ3v) is 3.53. The van der Waals surface area contributed by atoms with Crippen molar-refractivity contribution in [3.8, 4) is 0 Å². The number of hydrogen-bond acceptors (Lipinski definition) is 2. The Bertz CT molecular complexity index is 533. The number of nitrogens with one attached hydrogen (secondary N) is 1. The lowest BCUT2D eigenvalue weighted by molar-refractivity contribution is 0.587. The lowest BCUT2D eigenvalue weighted by atomic mass is 9.88. The maximum Gasteiger partial charge on any atom is 0.126 e. The fourth-order valence-electron chi connectivity index (χ4n) is 2.03. The van der Waals surface area contributed by atoms with E-state index in [9.17, 15) is 0 Å². The summed E-state index contributed by atoms with van der Waals surface area (Å²) in [7, 11) is 0. The summed E-state index contributed by atoms with van der Waals surface area (Å²) in [5, 5.41) is 3.37. The van der Waals surface area contributed by atoms with Gasteiger partial charge in [-0.05, 0) is 34.6 Å². The summed E-state index contributed by atoms with van der Waals surface area (Å²) >= 11 is 0. The summed E-state index contributed by atoms with van der Waals surface area (Å²) in [5.41, 5.74) is 4.07. The maximum atomic E-state index is 4.48. The molecule has 2 aromatic rings. The van der Waals surface area contributed by atoms with Gasteiger partial charge in [-0.1, -0.05) is 58.0 Å². The van der Waals surface area contributed by atoms with Crippen molar-refractivity contribution in [1.29, 1.82) is 0 Å². The largest absolute Gasteiger partial charge is 0.366 e. The minimum Gasteiger partial charge on any atom is -0.366 e. The van der Waals surface area contributed by atoms with E-state index in [0.29, 0.717) is 0 Å². The minimum absolute atomic E-state index is 0.154. The highest BCUT2D eigenvalue weighted by molar-refractivity contribution is 5.38. The zero-order valence-electron chi connectivity index (χ0n) is 12.9. The van der Waals surface area contributed by atoms with Gasteiger partial charge in [-0.15, -0.1) is 0 Å². The molecular weight excluding hydrogens is 244 g/mol. The molecule has 0 spiro atoms. The number of aromatic nitrogens is 1. The van der Waals surface area contributed by atoms with Gasteiger partial charge in [-0.3, -0.25) is 0 Å². The smallest absolute Gasteiger partial charge is 0.126 e. The van der Waals surface area contributed by atoms with Crippen molar-refractivity contribution in [2.24, 2.45) is 0 Å². The van der Waals surface area contributed by atoms with Gasteiger partial charge in [-0.2, -0.15) is 0 Å². The molecule has 20 heavy (non-hydrogen) atoms. The molecule has 0 aliphatic carbocycles. The van der Waals surface area contributed by atoms with Gasteiger partial charge in [0.1, 0.15) is 5.82 Å². The number of rotatable bonds is 4. The van der Waals surface area contributed by atoms with Gasteiger partial charge in [0.15, 0.2) is 0 Å². The van der Waals surface area contributed by atoms with E-state index in [0.717, 1.165) is 18.8 Å². The molecule has 0 saturated heterocycles. The van der Waals surface area contributed by atoms with Gasteiger partial charge < -0.3 is 5.32 Å². The highest BCUT2D eigenvalue weighted by Gasteiger charge is 2.13.